The molecule has 2 heterocycles. The van der Waals surface area contributed by atoms with Crippen molar-refractivity contribution in [3.63, 3.8) is 0 Å². The average molecular weight is 333 g/mol. The molecule has 0 radical (unpaired) electrons. The number of nitrogens with one attached hydrogen (secondary N) is 2. The molecule has 23 heavy (non-hydrogen) atoms. The summed E-state index contributed by atoms with van der Waals surface area (Å²) in [6.07, 6.45) is 1.57. The first-order valence-electron chi connectivity index (χ1n) is 6.65. The van der Waals surface area contributed by atoms with Gasteiger partial charge in [-0.25, -0.2) is 14.2 Å². The lowest BCUT2D eigenvalue weighted by Gasteiger charge is -2.16. The quantitative estimate of drug-likeness (QED) is 0.766. The van der Waals surface area contributed by atoms with Gasteiger partial charge in [0.2, 0.25) is 5.89 Å². The van der Waals surface area contributed by atoms with Gasteiger partial charge in [-0.3, -0.25) is 5.32 Å². The van der Waals surface area contributed by atoms with Crippen LogP contribution in [-0.2, 0) is 0 Å². The summed E-state index contributed by atoms with van der Waals surface area (Å²) in [6.45, 7) is 1.62. The van der Waals surface area contributed by atoms with Crippen LogP contribution in [0.2, 0.25) is 0 Å². The van der Waals surface area contributed by atoms with Gasteiger partial charge in [0.05, 0.1) is 0 Å². The van der Waals surface area contributed by atoms with Crippen molar-refractivity contribution in [2.24, 2.45) is 0 Å². The number of aryl methyl sites for hydroxylation is 1. The number of hydrogen-bond donors (Lipinski definition) is 2. The molecule has 3 rings (SSSR count). The lowest BCUT2D eigenvalue weighted by Crippen LogP contribution is -2.34. The van der Waals surface area contributed by atoms with E-state index in [2.05, 4.69) is 25.8 Å². The highest BCUT2D eigenvalue weighted by atomic mass is 32.1. The van der Waals surface area contributed by atoms with Crippen LogP contribution in [0, 0.1) is 12.7 Å². The summed E-state index contributed by atoms with van der Waals surface area (Å²) in [5.41, 5.74) is 0.239. The number of carbonyl (C=O) groups is 1. The highest BCUT2D eigenvalue weighted by molar-refractivity contribution is 7.13. The van der Waals surface area contributed by atoms with Gasteiger partial charge in [0.15, 0.2) is 11.0 Å². The third kappa shape index (κ3) is 3.51. The number of carbonyl (C=O) groups excluding carboxylic acids is 1. The maximum Gasteiger partial charge on any atom is 0.321 e. The van der Waals surface area contributed by atoms with Crippen molar-refractivity contribution in [1.82, 2.24) is 20.4 Å². The molecule has 2 N–H and O–H groups in total. The second-order valence-electron chi connectivity index (χ2n) is 4.56. The van der Waals surface area contributed by atoms with E-state index in [0.717, 1.165) is 0 Å². The van der Waals surface area contributed by atoms with Crippen LogP contribution in [0.15, 0.2) is 40.4 Å². The number of benzene rings is 1. The fraction of sp³-hybridized carbons (Fsp3) is 0.143. The Labute approximate surface area is 134 Å². The SMILES string of the molecule is Cc1nc(C(NC(=O)Nc2nccs2)c2ccccc2F)no1. The minimum Gasteiger partial charge on any atom is -0.340 e. The van der Waals surface area contributed by atoms with Gasteiger partial charge >= 0.3 is 6.03 Å². The highest BCUT2D eigenvalue weighted by Gasteiger charge is 2.24. The molecule has 0 saturated heterocycles. The summed E-state index contributed by atoms with van der Waals surface area (Å²) in [5, 5.41) is 11.1. The summed E-state index contributed by atoms with van der Waals surface area (Å²) < 4.78 is 19.0. The topological polar surface area (TPSA) is 92.9 Å². The van der Waals surface area contributed by atoms with Gasteiger partial charge in [-0.1, -0.05) is 23.4 Å². The number of hydrogen-bond acceptors (Lipinski definition) is 6. The van der Waals surface area contributed by atoms with Crippen LogP contribution in [0.5, 0.6) is 0 Å². The first-order chi connectivity index (χ1) is 11.1. The van der Waals surface area contributed by atoms with E-state index < -0.39 is 17.9 Å². The molecule has 9 heteroatoms. The molecule has 118 valence electrons. The molecule has 1 atom stereocenters. The Morgan fingerprint density at radius 1 is 1.39 bits per heavy atom. The Hall–Kier alpha value is -2.81. The molecule has 2 aromatic heterocycles. The number of halogens is 1. The van der Waals surface area contributed by atoms with Crippen LogP contribution < -0.4 is 10.6 Å². The minimum atomic E-state index is -0.881. The molecule has 3 aromatic rings. The van der Waals surface area contributed by atoms with Crippen molar-refractivity contribution in [3.8, 4) is 0 Å². The van der Waals surface area contributed by atoms with E-state index in [1.807, 2.05) is 0 Å². The van der Waals surface area contributed by atoms with E-state index in [-0.39, 0.29) is 11.4 Å². The third-order valence-corrected chi connectivity index (χ3v) is 3.63. The summed E-state index contributed by atoms with van der Waals surface area (Å²) in [7, 11) is 0. The molecule has 7 nitrogen and oxygen atoms in total. The van der Waals surface area contributed by atoms with E-state index in [0.29, 0.717) is 11.0 Å². The summed E-state index contributed by atoms with van der Waals surface area (Å²) in [5.74, 6) is 0.0138. The number of urea groups is 1. The van der Waals surface area contributed by atoms with Gasteiger partial charge in [0, 0.05) is 24.1 Å². The molecule has 0 fully saturated rings. The van der Waals surface area contributed by atoms with Crippen LogP contribution in [0.25, 0.3) is 0 Å². The summed E-state index contributed by atoms with van der Waals surface area (Å²) >= 11 is 1.27. The smallest absolute Gasteiger partial charge is 0.321 e. The number of anilines is 1. The number of thiazole rings is 1. The lowest BCUT2D eigenvalue weighted by molar-refractivity contribution is 0.249. The van der Waals surface area contributed by atoms with Gasteiger partial charge in [-0.2, -0.15) is 4.98 Å². The predicted molar refractivity (Wildman–Crippen MR) is 81.5 cm³/mol. The van der Waals surface area contributed by atoms with Gasteiger partial charge in [-0.05, 0) is 6.07 Å². The molecule has 1 unspecified atom stereocenters. The van der Waals surface area contributed by atoms with Crippen molar-refractivity contribution in [3.05, 3.63) is 58.9 Å². The lowest BCUT2D eigenvalue weighted by atomic mass is 10.1. The molecule has 2 amide bonds. The van der Waals surface area contributed by atoms with Crippen molar-refractivity contribution < 1.29 is 13.7 Å². The van der Waals surface area contributed by atoms with E-state index in [1.54, 1.807) is 36.7 Å². The fourth-order valence-corrected chi connectivity index (χ4v) is 2.50. The number of amides is 2. The molecule has 1 aromatic carbocycles. The Kier molecular flexibility index (Phi) is 4.29. The molecule has 0 aliphatic carbocycles. The predicted octanol–water partition coefficient (Wildman–Crippen LogP) is 2.88. The summed E-state index contributed by atoms with van der Waals surface area (Å²) in [4.78, 5) is 20.2. The maximum absolute atomic E-state index is 14.1. The molecule has 0 spiro atoms. The zero-order chi connectivity index (χ0) is 16.2. The molecular formula is C14H12FN5O2S. The van der Waals surface area contributed by atoms with Gasteiger partial charge in [0.1, 0.15) is 11.9 Å². The van der Waals surface area contributed by atoms with Gasteiger partial charge < -0.3 is 9.84 Å². The zero-order valence-electron chi connectivity index (χ0n) is 12.0. The van der Waals surface area contributed by atoms with Crippen molar-refractivity contribution in [2.45, 2.75) is 13.0 Å². The van der Waals surface area contributed by atoms with Crippen LogP contribution >= 0.6 is 11.3 Å². The normalized spacial score (nSPS) is 11.9. The molecule has 0 aliphatic heterocycles. The number of rotatable bonds is 4. The van der Waals surface area contributed by atoms with Crippen LogP contribution in [0.1, 0.15) is 23.3 Å². The minimum absolute atomic E-state index is 0.168. The molecule has 0 saturated carbocycles. The first kappa shape index (κ1) is 15.1. The van der Waals surface area contributed by atoms with E-state index in [4.69, 9.17) is 4.52 Å². The highest BCUT2D eigenvalue weighted by Crippen LogP contribution is 2.22. The second kappa shape index (κ2) is 6.53. The van der Waals surface area contributed by atoms with Crippen LogP contribution in [0.4, 0.5) is 14.3 Å². The first-order valence-corrected chi connectivity index (χ1v) is 7.53. The zero-order valence-corrected chi connectivity index (χ0v) is 12.8. The van der Waals surface area contributed by atoms with Gasteiger partial charge in [-0.15, -0.1) is 11.3 Å². The third-order valence-electron chi connectivity index (χ3n) is 2.95. The monoisotopic (exact) mass is 333 g/mol. The standard InChI is InChI=1S/C14H12FN5O2S/c1-8-17-12(20-22-8)11(9-4-2-3-5-10(9)15)18-13(21)19-14-16-6-7-23-14/h2-7,11H,1H3,(H2,16,18,19,21). The Bertz CT molecular complexity index is 805. The van der Waals surface area contributed by atoms with Crippen molar-refractivity contribution in [2.75, 3.05) is 5.32 Å². The average Bonchev–Trinajstić information content (AvgIpc) is 3.17. The molecule has 0 aliphatic rings. The van der Waals surface area contributed by atoms with E-state index in [9.17, 15) is 9.18 Å². The maximum atomic E-state index is 14.1. The van der Waals surface area contributed by atoms with Crippen LogP contribution in [0.3, 0.4) is 0 Å². The number of aromatic nitrogens is 3. The second-order valence-corrected chi connectivity index (χ2v) is 5.46. The van der Waals surface area contributed by atoms with Crippen molar-refractivity contribution >= 4 is 22.5 Å². The fourth-order valence-electron chi connectivity index (χ4n) is 1.97. The molecular weight excluding hydrogens is 321 g/mol. The van der Waals surface area contributed by atoms with Crippen LogP contribution in [-0.4, -0.2) is 21.2 Å². The van der Waals surface area contributed by atoms with E-state index in [1.165, 1.54) is 17.4 Å². The van der Waals surface area contributed by atoms with Crippen molar-refractivity contribution in [1.29, 1.82) is 0 Å². The Balaban J connectivity index is 1.86. The van der Waals surface area contributed by atoms with E-state index >= 15 is 0 Å². The Morgan fingerprint density at radius 3 is 2.87 bits per heavy atom. The number of nitrogens with zero attached hydrogens (tertiary/aromatic N) is 3. The molecule has 0 bridgehead atoms. The Morgan fingerprint density at radius 2 is 2.22 bits per heavy atom. The largest absolute Gasteiger partial charge is 0.340 e. The van der Waals surface area contributed by atoms with Gasteiger partial charge in [0.25, 0.3) is 0 Å². The summed E-state index contributed by atoms with van der Waals surface area (Å²) in [6, 6.07) is 4.65.